The topological polar surface area (TPSA) is 9.23 Å². The van der Waals surface area contributed by atoms with E-state index in [1.807, 2.05) is 0 Å². The molecule has 0 radical (unpaired) electrons. The summed E-state index contributed by atoms with van der Waals surface area (Å²) in [6, 6.07) is 0. The van der Waals surface area contributed by atoms with E-state index in [0.717, 1.165) is 36.2 Å². The standard InChI is InChI=1S/C27H50O/c1-3-5-6-8-23-13-19-27(20-14-23)28-21-24-11-17-26(18-12-24)25-15-9-22(7-4-2)10-16-25/h22-27H,3-21H2,1-2H3. The first-order chi connectivity index (χ1) is 13.8. The summed E-state index contributed by atoms with van der Waals surface area (Å²) in [6.07, 6.45) is 26.8. The highest BCUT2D eigenvalue weighted by atomic mass is 16.5. The van der Waals surface area contributed by atoms with Crippen molar-refractivity contribution < 1.29 is 4.74 Å². The van der Waals surface area contributed by atoms with Gasteiger partial charge < -0.3 is 4.74 Å². The molecule has 3 aliphatic carbocycles. The van der Waals surface area contributed by atoms with Crippen molar-refractivity contribution in [3.8, 4) is 0 Å². The Balaban J connectivity index is 1.24. The highest BCUT2D eigenvalue weighted by Gasteiger charge is 2.31. The minimum absolute atomic E-state index is 0.592. The van der Waals surface area contributed by atoms with E-state index in [9.17, 15) is 0 Å². The van der Waals surface area contributed by atoms with Crippen molar-refractivity contribution in [1.82, 2.24) is 0 Å². The fourth-order valence-corrected chi connectivity index (χ4v) is 6.73. The zero-order valence-corrected chi connectivity index (χ0v) is 19.3. The maximum atomic E-state index is 6.42. The van der Waals surface area contributed by atoms with Gasteiger partial charge in [0.1, 0.15) is 0 Å². The molecule has 0 aliphatic heterocycles. The Kier molecular flexibility index (Phi) is 10.2. The van der Waals surface area contributed by atoms with Crippen LogP contribution in [0.2, 0.25) is 0 Å². The summed E-state index contributed by atoms with van der Waals surface area (Å²) >= 11 is 0. The number of rotatable bonds is 10. The molecule has 0 aromatic heterocycles. The van der Waals surface area contributed by atoms with E-state index in [-0.39, 0.29) is 0 Å². The van der Waals surface area contributed by atoms with Gasteiger partial charge in [0.15, 0.2) is 0 Å². The maximum Gasteiger partial charge on any atom is 0.0575 e. The molecule has 0 atom stereocenters. The molecular weight excluding hydrogens is 340 g/mol. The van der Waals surface area contributed by atoms with Crippen molar-refractivity contribution in [2.45, 2.75) is 136 Å². The van der Waals surface area contributed by atoms with E-state index in [1.54, 1.807) is 0 Å². The Hall–Kier alpha value is -0.0400. The van der Waals surface area contributed by atoms with Gasteiger partial charge in [-0.25, -0.2) is 0 Å². The van der Waals surface area contributed by atoms with Crippen LogP contribution in [0, 0.1) is 29.6 Å². The van der Waals surface area contributed by atoms with Crippen LogP contribution in [0.3, 0.4) is 0 Å². The van der Waals surface area contributed by atoms with Crippen molar-refractivity contribution in [2.75, 3.05) is 6.61 Å². The molecule has 0 spiro atoms. The Morgan fingerprint density at radius 1 is 0.536 bits per heavy atom. The van der Waals surface area contributed by atoms with Crippen LogP contribution in [-0.2, 0) is 4.74 Å². The monoisotopic (exact) mass is 390 g/mol. The quantitative estimate of drug-likeness (QED) is 0.339. The van der Waals surface area contributed by atoms with Gasteiger partial charge in [0.05, 0.1) is 6.10 Å². The molecule has 0 aromatic rings. The molecule has 1 heteroatoms. The third kappa shape index (κ3) is 7.33. The van der Waals surface area contributed by atoms with Gasteiger partial charge in [-0.2, -0.15) is 0 Å². The lowest BCUT2D eigenvalue weighted by atomic mass is 9.69. The zero-order valence-electron chi connectivity index (χ0n) is 19.3. The van der Waals surface area contributed by atoms with E-state index in [0.29, 0.717) is 6.10 Å². The van der Waals surface area contributed by atoms with Crippen molar-refractivity contribution in [2.24, 2.45) is 29.6 Å². The smallest absolute Gasteiger partial charge is 0.0575 e. The van der Waals surface area contributed by atoms with Crippen LogP contribution in [0.1, 0.15) is 129 Å². The zero-order chi connectivity index (χ0) is 19.6. The summed E-state index contributed by atoms with van der Waals surface area (Å²) in [4.78, 5) is 0. The lowest BCUT2D eigenvalue weighted by Crippen LogP contribution is -2.29. The van der Waals surface area contributed by atoms with Gasteiger partial charge in [-0.3, -0.25) is 0 Å². The molecule has 3 fully saturated rings. The maximum absolute atomic E-state index is 6.42. The van der Waals surface area contributed by atoms with E-state index in [2.05, 4.69) is 13.8 Å². The van der Waals surface area contributed by atoms with Crippen LogP contribution in [0.15, 0.2) is 0 Å². The summed E-state index contributed by atoms with van der Waals surface area (Å²) in [6.45, 7) is 5.74. The highest BCUT2D eigenvalue weighted by molar-refractivity contribution is 4.82. The molecule has 0 N–H and O–H groups in total. The van der Waals surface area contributed by atoms with Crippen molar-refractivity contribution in [1.29, 1.82) is 0 Å². The van der Waals surface area contributed by atoms with Crippen LogP contribution in [0.25, 0.3) is 0 Å². The number of ether oxygens (including phenoxy) is 1. The molecule has 0 aromatic carbocycles. The van der Waals surface area contributed by atoms with E-state index >= 15 is 0 Å². The van der Waals surface area contributed by atoms with Crippen molar-refractivity contribution in [3.63, 3.8) is 0 Å². The molecule has 3 aliphatic rings. The largest absolute Gasteiger partial charge is 0.378 e. The predicted molar refractivity (Wildman–Crippen MR) is 122 cm³/mol. The summed E-state index contributed by atoms with van der Waals surface area (Å²) in [5.74, 6) is 5.06. The second kappa shape index (κ2) is 12.6. The Labute approximate surface area is 176 Å². The fraction of sp³-hybridized carbons (Fsp3) is 1.00. The molecule has 28 heavy (non-hydrogen) atoms. The second-order valence-corrected chi connectivity index (χ2v) is 10.8. The lowest BCUT2D eigenvalue weighted by Gasteiger charge is -2.38. The normalized spacial score (nSPS) is 37.1. The van der Waals surface area contributed by atoms with Gasteiger partial charge >= 0.3 is 0 Å². The average Bonchev–Trinajstić information content (AvgIpc) is 2.75. The summed E-state index contributed by atoms with van der Waals surface area (Å²) in [7, 11) is 0. The van der Waals surface area contributed by atoms with Crippen molar-refractivity contribution >= 4 is 0 Å². The second-order valence-electron chi connectivity index (χ2n) is 10.8. The molecule has 3 saturated carbocycles. The molecule has 0 heterocycles. The van der Waals surface area contributed by atoms with Gasteiger partial charge in [0, 0.05) is 6.61 Å². The Morgan fingerprint density at radius 2 is 1.07 bits per heavy atom. The number of hydrogen-bond donors (Lipinski definition) is 0. The highest BCUT2D eigenvalue weighted by Crippen LogP contribution is 2.42. The van der Waals surface area contributed by atoms with Gasteiger partial charge in [-0.15, -0.1) is 0 Å². The van der Waals surface area contributed by atoms with Crippen molar-refractivity contribution in [3.05, 3.63) is 0 Å². The van der Waals surface area contributed by atoms with Crippen LogP contribution in [0.5, 0.6) is 0 Å². The molecule has 1 nitrogen and oxygen atoms in total. The first kappa shape index (κ1) is 22.6. The lowest BCUT2D eigenvalue weighted by molar-refractivity contribution is -0.0130. The van der Waals surface area contributed by atoms with Gasteiger partial charge in [-0.1, -0.05) is 65.2 Å². The first-order valence-electron chi connectivity index (χ1n) is 13.4. The van der Waals surface area contributed by atoms with Crippen LogP contribution in [-0.4, -0.2) is 12.7 Å². The van der Waals surface area contributed by atoms with Gasteiger partial charge in [-0.05, 0) is 93.8 Å². The van der Waals surface area contributed by atoms with E-state index < -0.39 is 0 Å². The molecule has 0 bridgehead atoms. The number of unbranched alkanes of at least 4 members (excludes halogenated alkanes) is 2. The van der Waals surface area contributed by atoms with E-state index in [4.69, 9.17) is 4.74 Å². The van der Waals surface area contributed by atoms with Crippen LogP contribution in [0.4, 0.5) is 0 Å². The fourth-order valence-electron chi connectivity index (χ4n) is 6.73. The molecule has 0 saturated heterocycles. The molecule has 3 rings (SSSR count). The van der Waals surface area contributed by atoms with Gasteiger partial charge in [0.25, 0.3) is 0 Å². The predicted octanol–water partition coefficient (Wildman–Crippen LogP) is 8.56. The minimum atomic E-state index is 0.592. The molecule has 0 amide bonds. The van der Waals surface area contributed by atoms with Crippen LogP contribution >= 0.6 is 0 Å². The van der Waals surface area contributed by atoms with Gasteiger partial charge in [0.2, 0.25) is 0 Å². The van der Waals surface area contributed by atoms with E-state index in [1.165, 1.54) is 116 Å². The summed E-state index contributed by atoms with van der Waals surface area (Å²) in [5.41, 5.74) is 0. The molecule has 0 unspecified atom stereocenters. The summed E-state index contributed by atoms with van der Waals surface area (Å²) < 4.78 is 6.42. The Bertz CT molecular complexity index is 381. The molecular formula is C27H50O. The first-order valence-corrected chi connectivity index (χ1v) is 13.4. The number of hydrogen-bond acceptors (Lipinski definition) is 1. The third-order valence-corrected chi connectivity index (χ3v) is 8.72. The Morgan fingerprint density at radius 3 is 1.64 bits per heavy atom. The van der Waals surface area contributed by atoms with Crippen LogP contribution < -0.4 is 0 Å². The molecule has 164 valence electrons. The third-order valence-electron chi connectivity index (χ3n) is 8.72. The SMILES string of the molecule is CCCCCC1CCC(OCC2CCC(C3CCC(CCC)CC3)CC2)CC1. The minimum Gasteiger partial charge on any atom is -0.378 e. The summed E-state index contributed by atoms with van der Waals surface area (Å²) in [5, 5.41) is 0. The average molecular weight is 391 g/mol.